The zero-order valence-corrected chi connectivity index (χ0v) is 19.1. The van der Waals surface area contributed by atoms with Crippen molar-refractivity contribution in [2.24, 2.45) is 0 Å². The van der Waals surface area contributed by atoms with E-state index in [9.17, 15) is 22.4 Å². The summed E-state index contributed by atoms with van der Waals surface area (Å²) >= 11 is 6.31. The van der Waals surface area contributed by atoms with E-state index in [4.69, 9.17) is 11.6 Å². The first-order chi connectivity index (χ1) is 17.7. The average Bonchev–Trinajstić information content (AvgIpc) is 3.62. The first kappa shape index (κ1) is 22.9. The quantitative estimate of drug-likeness (QED) is 0.241. The number of benzene rings is 2. The molecule has 6 rings (SSSR count). The Morgan fingerprint density at radius 1 is 0.946 bits per heavy atom. The molecule has 37 heavy (non-hydrogen) atoms. The number of rotatable bonds is 4. The Balaban J connectivity index is 1.51. The number of pyridine rings is 1. The summed E-state index contributed by atoms with van der Waals surface area (Å²) in [5.74, 6) is -1.37. The van der Waals surface area contributed by atoms with Crippen molar-refractivity contribution in [3.8, 4) is 11.5 Å². The van der Waals surface area contributed by atoms with E-state index in [-0.39, 0.29) is 43.9 Å². The van der Waals surface area contributed by atoms with Crippen molar-refractivity contribution in [2.75, 3.05) is 0 Å². The van der Waals surface area contributed by atoms with Gasteiger partial charge in [-0.15, -0.1) is 4.80 Å². The third-order valence-corrected chi connectivity index (χ3v) is 6.09. The number of carbonyl (C=O) groups excluding carboxylic acids is 1. The Bertz CT molecular complexity index is 1820. The highest BCUT2D eigenvalue weighted by molar-refractivity contribution is 6.33. The second-order valence-corrected chi connectivity index (χ2v) is 8.38. The maximum absolute atomic E-state index is 14.4. The van der Waals surface area contributed by atoms with Crippen molar-refractivity contribution in [1.29, 1.82) is 0 Å². The number of halogens is 5. The van der Waals surface area contributed by atoms with Gasteiger partial charge in [0.05, 0.1) is 34.9 Å². The summed E-state index contributed by atoms with van der Waals surface area (Å²) in [6.45, 7) is 0. The van der Waals surface area contributed by atoms with Crippen LogP contribution in [0.4, 0.5) is 17.6 Å². The third kappa shape index (κ3) is 3.64. The fraction of sp³-hybridized carbons (Fsp3) is 0.0417. The van der Waals surface area contributed by atoms with Crippen LogP contribution in [0.3, 0.4) is 0 Å². The lowest BCUT2D eigenvalue weighted by molar-refractivity contribution is -0.143. The Morgan fingerprint density at radius 2 is 1.68 bits per heavy atom. The van der Waals surface area contributed by atoms with Gasteiger partial charge in [0, 0.05) is 27.9 Å². The second-order valence-electron chi connectivity index (χ2n) is 7.97. The van der Waals surface area contributed by atoms with Gasteiger partial charge in [-0.1, -0.05) is 35.9 Å². The van der Waals surface area contributed by atoms with Crippen LogP contribution in [-0.2, 0) is 6.18 Å². The van der Waals surface area contributed by atoms with Crippen LogP contribution < -0.4 is 0 Å². The SMILES string of the molecule is O=C(c1cnn(-c2cccc3c(F)cccc23)c1C(F)(F)F)c1c[nH]c2nc(-n3nccn3)c(Cl)cc12. The van der Waals surface area contributed by atoms with Gasteiger partial charge in [-0.3, -0.25) is 4.79 Å². The molecule has 0 aliphatic heterocycles. The van der Waals surface area contributed by atoms with Crippen molar-refractivity contribution >= 4 is 39.2 Å². The molecule has 0 atom stereocenters. The molecule has 8 nitrogen and oxygen atoms in total. The van der Waals surface area contributed by atoms with E-state index in [0.29, 0.717) is 4.68 Å². The first-order valence-electron chi connectivity index (χ1n) is 10.7. The molecule has 1 N–H and O–H groups in total. The fourth-order valence-electron chi connectivity index (χ4n) is 4.22. The number of aromatic nitrogens is 7. The number of carbonyl (C=O) groups is 1. The molecule has 0 unspecified atom stereocenters. The lowest BCUT2D eigenvalue weighted by atomic mass is 10.0. The summed E-state index contributed by atoms with van der Waals surface area (Å²) in [6.07, 6.45) is -0.0163. The average molecular weight is 526 g/mol. The van der Waals surface area contributed by atoms with E-state index in [1.807, 2.05) is 0 Å². The topological polar surface area (TPSA) is 94.3 Å². The lowest BCUT2D eigenvalue weighted by Gasteiger charge is -2.14. The highest BCUT2D eigenvalue weighted by atomic mass is 35.5. The van der Waals surface area contributed by atoms with Crippen LogP contribution >= 0.6 is 11.6 Å². The van der Waals surface area contributed by atoms with E-state index in [1.165, 1.54) is 65.9 Å². The molecule has 4 aromatic heterocycles. The fourth-order valence-corrected chi connectivity index (χ4v) is 4.45. The van der Waals surface area contributed by atoms with Gasteiger partial charge < -0.3 is 4.98 Å². The molecule has 4 heterocycles. The van der Waals surface area contributed by atoms with Gasteiger partial charge in [0.2, 0.25) is 0 Å². The smallest absolute Gasteiger partial charge is 0.345 e. The molecule has 0 saturated heterocycles. The number of ketones is 1. The molecule has 0 amide bonds. The lowest BCUT2D eigenvalue weighted by Crippen LogP contribution is -2.18. The number of hydrogen-bond acceptors (Lipinski definition) is 5. The van der Waals surface area contributed by atoms with Gasteiger partial charge in [0.25, 0.3) is 0 Å². The van der Waals surface area contributed by atoms with E-state index in [1.54, 1.807) is 0 Å². The molecular weight excluding hydrogens is 514 g/mol. The van der Waals surface area contributed by atoms with Gasteiger partial charge in [0.1, 0.15) is 11.5 Å². The molecule has 6 aromatic rings. The minimum Gasteiger partial charge on any atom is -0.345 e. The number of H-pyrrole nitrogens is 1. The summed E-state index contributed by atoms with van der Waals surface area (Å²) in [5.41, 5.74) is -1.89. The normalized spacial score (nSPS) is 12.0. The van der Waals surface area contributed by atoms with Crippen LogP contribution in [0.25, 0.3) is 33.3 Å². The summed E-state index contributed by atoms with van der Waals surface area (Å²) in [6, 6.07) is 9.72. The van der Waals surface area contributed by atoms with Crippen molar-refractivity contribution in [3.63, 3.8) is 0 Å². The van der Waals surface area contributed by atoms with Gasteiger partial charge >= 0.3 is 6.18 Å². The minimum atomic E-state index is -4.96. The molecular formula is C24H12ClF4N7O. The van der Waals surface area contributed by atoms with Crippen LogP contribution in [-0.4, -0.2) is 40.5 Å². The number of nitrogens with zero attached hydrogens (tertiary/aromatic N) is 6. The monoisotopic (exact) mass is 525 g/mol. The maximum atomic E-state index is 14.4. The first-order valence-corrected chi connectivity index (χ1v) is 11.0. The van der Waals surface area contributed by atoms with Crippen molar-refractivity contribution in [3.05, 3.63) is 94.9 Å². The maximum Gasteiger partial charge on any atom is 0.434 e. The standard InChI is InChI=1S/C24H12ClF4N7O/c25-17-9-14-15(10-30-22(14)34-23(17)36-31-7-8-32-36)20(37)16-11-33-35(21(16)24(27,28)29)19-6-2-3-12-13(19)4-1-5-18(12)26/h1-11H,(H,30,34). The summed E-state index contributed by atoms with van der Waals surface area (Å²) in [7, 11) is 0. The number of alkyl halides is 3. The van der Waals surface area contributed by atoms with Gasteiger partial charge in [0.15, 0.2) is 17.3 Å². The molecule has 184 valence electrons. The molecule has 13 heteroatoms. The van der Waals surface area contributed by atoms with E-state index in [2.05, 4.69) is 25.3 Å². The largest absolute Gasteiger partial charge is 0.434 e. The predicted octanol–water partition coefficient (Wildman–Crippen LogP) is 5.52. The molecule has 0 saturated carbocycles. The van der Waals surface area contributed by atoms with Crippen molar-refractivity contribution < 1.29 is 22.4 Å². The highest BCUT2D eigenvalue weighted by Crippen LogP contribution is 2.37. The van der Waals surface area contributed by atoms with Gasteiger partial charge in [-0.05, 0) is 18.2 Å². The number of hydrogen-bond donors (Lipinski definition) is 1. The van der Waals surface area contributed by atoms with Crippen LogP contribution in [0.15, 0.2) is 67.3 Å². The summed E-state index contributed by atoms with van der Waals surface area (Å²) in [4.78, 5) is 21.7. The predicted molar refractivity (Wildman–Crippen MR) is 125 cm³/mol. The molecule has 0 radical (unpaired) electrons. The summed E-state index contributed by atoms with van der Waals surface area (Å²) in [5, 5.41) is 12.4. The molecule has 0 bridgehead atoms. The third-order valence-electron chi connectivity index (χ3n) is 5.81. The highest BCUT2D eigenvalue weighted by Gasteiger charge is 2.41. The minimum absolute atomic E-state index is 0.0247. The zero-order valence-electron chi connectivity index (χ0n) is 18.3. The van der Waals surface area contributed by atoms with Crippen LogP contribution in [0.5, 0.6) is 0 Å². The number of fused-ring (bicyclic) bond motifs is 2. The Hall–Kier alpha value is -4.58. The molecule has 0 aliphatic carbocycles. The van der Waals surface area contributed by atoms with Crippen LogP contribution in [0.1, 0.15) is 21.6 Å². The number of aromatic amines is 1. The zero-order chi connectivity index (χ0) is 25.9. The van der Waals surface area contributed by atoms with E-state index >= 15 is 0 Å². The molecule has 2 aromatic carbocycles. The number of nitrogens with one attached hydrogen (secondary N) is 1. The van der Waals surface area contributed by atoms with Crippen molar-refractivity contribution in [1.82, 2.24) is 34.7 Å². The molecule has 0 fully saturated rings. The van der Waals surface area contributed by atoms with Crippen molar-refractivity contribution in [2.45, 2.75) is 6.18 Å². The van der Waals surface area contributed by atoms with Crippen LogP contribution in [0, 0.1) is 5.82 Å². The van der Waals surface area contributed by atoms with Gasteiger partial charge in [-0.2, -0.15) is 28.5 Å². The molecule has 0 aliphatic rings. The van der Waals surface area contributed by atoms with Crippen LogP contribution in [0.2, 0.25) is 5.02 Å². The Morgan fingerprint density at radius 3 is 2.43 bits per heavy atom. The van der Waals surface area contributed by atoms with E-state index < -0.39 is 29.0 Å². The second kappa shape index (κ2) is 8.23. The Labute approximate surface area is 209 Å². The molecule has 0 spiro atoms. The van der Waals surface area contributed by atoms with E-state index in [0.717, 1.165) is 6.20 Å². The Kier molecular flexibility index (Phi) is 5.09. The summed E-state index contributed by atoms with van der Waals surface area (Å²) < 4.78 is 58.0. The van der Waals surface area contributed by atoms with Gasteiger partial charge in [-0.25, -0.2) is 14.1 Å².